The van der Waals surface area contributed by atoms with E-state index in [2.05, 4.69) is 14.9 Å². The fourth-order valence-electron chi connectivity index (χ4n) is 3.76. The maximum Gasteiger partial charge on any atom is 0.276 e. The zero-order valence-electron chi connectivity index (χ0n) is 15.1. The summed E-state index contributed by atoms with van der Waals surface area (Å²) in [7, 11) is 0. The van der Waals surface area contributed by atoms with Crippen molar-refractivity contribution in [2.24, 2.45) is 0 Å². The molecule has 2 saturated carbocycles. The van der Waals surface area contributed by atoms with E-state index in [-0.39, 0.29) is 28.4 Å². The zero-order valence-corrected chi connectivity index (χ0v) is 16.7. The van der Waals surface area contributed by atoms with Crippen LogP contribution >= 0.6 is 23.1 Å². The van der Waals surface area contributed by atoms with Crippen molar-refractivity contribution in [3.05, 3.63) is 45.7 Å². The van der Waals surface area contributed by atoms with E-state index < -0.39 is 23.7 Å². The van der Waals surface area contributed by atoms with Crippen LogP contribution in [0.15, 0.2) is 23.6 Å². The Morgan fingerprint density at radius 3 is 2.61 bits per heavy atom. The zero-order chi connectivity index (χ0) is 19.7. The molecule has 148 valence electrons. The number of nitrogens with one attached hydrogen (secondary N) is 1. The van der Waals surface area contributed by atoms with E-state index in [4.69, 9.17) is 11.6 Å². The minimum atomic E-state index is -1.14. The molecule has 2 aliphatic carbocycles. The van der Waals surface area contributed by atoms with Crippen molar-refractivity contribution in [2.45, 2.75) is 56.7 Å². The molecule has 9 heteroatoms. The Balaban J connectivity index is 1.74. The van der Waals surface area contributed by atoms with E-state index in [1.54, 1.807) is 0 Å². The van der Waals surface area contributed by atoms with Crippen molar-refractivity contribution in [1.29, 1.82) is 0 Å². The summed E-state index contributed by atoms with van der Waals surface area (Å²) in [5.41, 5.74) is 0.186. The molecule has 1 heterocycles. The third kappa shape index (κ3) is 3.89. The molecular formula is C19H20ClFN4O2S. The third-order valence-corrected chi connectivity index (χ3v) is 6.09. The Bertz CT molecular complexity index is 849. The monoisotopic (exact) mass is 422 g/mol. The highest BCUT2D eigenvalue weighted by Gasteiger charge is 2.44. The van der Waals surface area contributed by atoms with Crippen molar-refractivity contribution < 1.29 is 14.0 Å². The van der Waals surface area contributed by atoms with Crippen LogP contribution in [0.2, 0.25) is 5.02 Å². The summed E-state index contributed by atoms with van der Waals surface area (Å²) in [4.78, 5) is 27.9. The minimum absolute atomic E-state index is 0.0307. The van der Waals surface area contributed by atoms with E-state index in [0.717, 1.165) is 50.1 Å². The third-order valence-electron chi connectivity index (χ3n) is 5.26. The lowest BCUT2D eigenvalue weighted by molar-refractivity contribution is -0.127. The Kier molecular flexibility index (Phi) is 5.59. The van der Waals surface area contributed by atoms with Gasteiger partial charge in [-0.25, -0.2) is 4.39 Å². The van der Waals surface area contributed by atoms with Gasteiger partial charge in [0.05, 0.1) is 0 Å². The maximum atomic E-state index is 14.8. The van der Waals surface area contributed by atoms with Gasteiger partial charge in [0.1, 0.15) is 11.9 Å². The Hall–Kier alpha value is -2.06. The molecule has 0 radical (unpaired) electrons. The van der Waals surface area contributed by atoms with Gasteiger partial charge in [-0.15, -0.1) is 5.10 Å². The first kappa shape index (κ1) is 19.3. The molecule has 1 aromatic carbocycles. The molecule has 6 nitrogen and oxygen atoms in total. The second kappa shape index (κ2) is 8.13. The van der Waals surface area contributed by atoms with E-state index in [1.807, 2.05) is 0 Å². The topological polar surface area (TPSA) is 75.2 Å². The number of hydrogen-bond donors (Lipinski definition) is 1. The lowest BCUT2D eigenvalue weighted by Gasteiger charge is -2.32. The van der Waals surface area contributed by atoms with Gasteiger partial charge in [-0.3, -0.25) is 9.59 Å². The fraction of sp³-hybridized carbons (Fsp3) is 0.474. The summed E-state index contributed by atoms with van der Waals surface area (Å²) >= 11 is 7.36. The van der Waals surface area contributed by atoms with Crippen LogP contribution in [0.25, 0.3) is 0 Å². The second-order valence-corrected chi connectivity index (χ2v) is 8.28. The Morgan fingerprint density at radius 2 is 2.00 bits per heavy atom. The number of benzene rings is 1. The molecule has 1 atom stereocenters. The summed E-state index contributed by atoms with van der Waals surface area (Å²) in [6.07, 6.45) is 5.37. The fourth-order valence-corrected chi connectivity index (χ4v) is 4.45. The van der Waals surface area contributed by atoms with Crippen LogP contribution in [0, 0.1) is 5.82 Å². The highest BCUT2D eigenvalue weighted by molar-refractivity contribution is 7.03. The molecule has 1 N–H and O–H groups in total. The number of nitrogens with zero attached hydrogens (tertiary/aromatic N) is 3. The molecule has 4 rings (SSSR count). The van der Waals surface area contributed by atoms with E-state index in [9.17, 15) is 14.0 Å². The van der Waals surface area contributed by atoms with Crippen LogP contribution < -0.4 is 5.32 Å². The molecule has 0 aliphatic heterocycles. The van der Waals surface area contributed by atoms with E-state index >= 15 is 0 Å². The van der Waals surface area contributed by atoms with Gasteiger partial charge in [-0.05, 0) is 49.3 Å². The van der Waals surface area contributed by atoms with E-state index in [1.165, 1.54) is 28.5 Å². The highest BCUT2D eigenvalue weighted by atomic mass is 35.5. The smallest absolute Gasteiger partial charge is 0.276 e. The van der Waals surface area contributed by atoms with Gasteiger partial charge in [0.25, 0.3) is 5.91 Å². The minimum Gasteiger partial charge on any atom is -0.351 e. The maximum absolute atomic E-state index is 14.8. The number of amides is 2. The first-order chi connectivity index (χ1) is 13.6. The second-order valence-electron chi connectivity index (χ2n) is 7.26. The predicted molar refractivity (Wildman–Crippen MR) is 104 cm³/mol. The van der Waals surface area contributed by atoms with Crippen LogP contribution in [0.1, 0.15) is 60.6 Å². The van der Waals surface area contributed by atoms with Crippen molar-refractivity contribution in [1.82, 2.24) is 19.8 Å². The van der Waals surface area contributed by atoms with Gasteiger partial charge in [0.2, 0.25) is 5.91 Å². The number of halogens is 2. The number of rotatable bonds is 6. The molecule has 0 saturated heterocycles. The van der Waals surface area contributed by atoms with Crippen LogP contribution in [-0.4, -0.2) is 38.4 Å². The van der Waals surface area contributed by atoms with Crippen molar-refractivity contribution >= 4 is 34.9 Å². The van der Waals surface area contributed by atoms with Crippen LogP contribution in [0.3, 0.4) is 0 Å². The first-order valence-electron chi connectivity index (χ1n) is 9.40. The molecule has 0 unspecified atom stereocenters. The van der Waals surface area contributed by atoms with Gasteiger partial charge in [0, 0.05) is 28.0 Å². The molecule has 28 heavy (non-hydrogen) atoms. The van der Waals surface area contributed by atoms with Gasteiger partial charge in [-0.2, -0.15) is 0 Å². The van der Waals surface area contributed by atoms with Gasteiger partial charge in [-0.1, -0.05) is 35.0 Å². The van der Waals surface area contributed by atoms with Gasteiger partial charge >= 0.3 is 0 Å². The SMILES string of the molecule is O=C(NC1CCCC1)[C@@H](c1c(F)cccc1Cl)N(C(=O)c1csnn1)C1CC1. The summed E-state index contributed by atoms with van der Waals surface area (Å²) < 4.78 is 18.5. The van der Waals surface area contributed by atoms with Crippen LogP contribution in [0.4, 0.5) is 4.39 Å². The lowest BCUT2D eigenvalue weighted by atomic mass is 10.0. The standard InChI is InChI=1S/C19H20ClFN4O2S/c20-13-6-3-7-14(21)16(13)17(18(26)22-11-4-1-2-5-11)25(12-8-9-12)19(27)15-10-28-24-23-15/h3,6-7,10-12,17H,1-2,4-5,8-9H2,(H,22,26)/t17-/m1/s1. The molecule has 2 aliphatic rings. The van der Waals surface area contributed by atoms with Crippen molar-refractivity contribution in [3.8, 4) is 0 Å². The summed E-state index contributed by atoms with van der Waals surface area (Å²) in [6.45, 7) is 0. The number of carbonyl (C=O) groups is 2. The molecular weight excluding hydrogens is 403 g/mol. The summed E-state index contributed by atoms with van der Waals surface area (Å²) in [5, 5.41) is 8.51. The van der Waals surface area contributed by atoms with Gasteiger partial charge < -0.3 is 10.2 Å². The molecule has 2 fully saturated rings. The normalized spacial score (nSPS) is 18.1. The lowest BCUT2D eigenvalue weighted by Crippen LogP contribution is -2.47. The molecule has 0 bridgehead atoms. The highest BCUT2D eigenvalue weighted by Crippen LogP contribution is 2.39. The Labute approximate surface area is 171 Å². The average molecular weight is 423 g/mol. The average Bonchev–Trinajstić information content (AvgIpc) is 3.13. The number of aromatic nitrogens is 2. The van der Waals surface area contributed by atoms with E-state index in [0.29, 0.717) is 0 Å². The van der Waals surface area contributed by atoms with Crippen molar-refractivity contribution in [2.75, 3.05) is 0 Å². The van der Waals surface area contributed by atoms with Crippen LogP contribution in [-0.2, 0) is 4.79 Å². The Morgan fingerprint density at radius 1 is 1.25 bits per heavy atom. The van der Waals surface area contributed by atoms with Crippen molar-refractivity contribution in [3.63, 3.8) is 0 Å². The number of hydrogen-bond acceptors (Lipinski definition) is 5. The van der Waals surface area contributed by atoms with Gasteiger partial charge in [0.15, 0.2) is 5.69 Å². The molecule has 0 spiro atoms. The van der Waals surface area contributed by atoms with Crippen LogP contribution in [0.5, 0.6) is 0 Å². The quantitative estimate of drug-likeness (QED) is 0.769. The first-order valence-corrected chi connectivity index (χ1v) is 10.6. The predicted octanol–water partition coefficient (Wildman–Crippen LogP) is 3.74. The summed E-state index contributed by atoms with van der Waals surface area (Å²) in [6, 6.07) is 3.03. The summed E-state index contributed by atoms with van der Waals surface area (Å²) in [5.74, 6) is -1.43. The molecule has 2 amide bonds. The number of carbonyl (C=O) groups excluding carboxylic acids is 2. The largest absolute Gasteiger partial charge is 0.351 e. The molecule has 2 aromatic rings. The molecule has 1 aromatic heterocycles.